The van der Waals surface area contributed by atoms with E-state index in [2.05, 4.69) is 15.5 Å². The summed E-state index contributed by atoms with van der Waals surface area (Å²) in [5.74, 6) is 0.577. The fraction of sp³-hybridized carbons (Fsp3) is 0.118. The first-order chi connectivity index (χ1) is 10.7. The van der Waals surface area contributed by atoms with Crippen LogP contribution in [0.1, 0.15) is 15.9 Å². The van der Waals surface area contributed by atoms with Crippen LogP contribution in [0.3, 0.4) is 0 Å². The molecule has 22 heavy (non-hydrogen) atoms. The zero-order valence-corrected chi connectivity index (χ0v) is 12.4. The molecule has 5 heteroatoms. The van der Waals surface area contributed by atoms with Gasteiger partial charge in [-0.05, 0) is 30.7 Å². The van der Waals surface area contributed by atoms with Gasteiger partial charge in [0.05, 0.1) is 5.69 Å². The Morgan fingerprint density at radius 3 is 2.55 bits per heavy atom. The molecule has 1 aromatic heterocycles. The minimum absolute atomic E-state index is 0.132. The van der Waals surface area contributed by atoms with E-state index in [1.807, 2.05) is 67.1 Å². The highest BCUT2D eigenvalue weighted by atomic mass is 16.1. The molecule has 5 nitrogen and oxygen atoms in total. The molecule has 3 aromatic rings. The van der Waals surface area contributed by atoms with Crippen LogP contribution in [0.5, 0.6) is 0 Å². The molecule has 0 unspecified atom stereocenters. The number of rotatable bonds is 3. The minimum atomic E-state index is -0.132. The van der Waals surface area contributed by atoms with Gasteiger partial charge in [-0.2, -0.15) is 0 Å². The lowest BCUT2D eigenvalue weighted by atomic mass is 10.1. The highest BCUT2D eigenvalue weighted by Crippen LogP contribution is 2.26. The maximum atomic E-state index is 12.5. The SMILES string of the molecule is Cc1ccccc1C(=O)Nc1ccccc1-c1nncn1C. The molecule has 0 fully saturated rings. The number of para-hydroxylation sites is 1. The van der Waals surface area contributed by atoms with Crippen LogP contribution in [0.15, 0.2) is 54.9 Å². The Hall–Kier alpha value is -2.95. The van der Waals surface area contributed by atoms with Gasteiger partial charge in [0.25, 0.3) is 5.91 Å². The molecule has 0 atom stereocenters. The molecule has 0 aliphatic heterocycles. The number of aryl methyl sites for hydroxylation is 2. The molecular formula is C17H16N4O. The summed E-state index contributed by atoms with van der Waals surface area (Å²) in [7, 11) is 1.87. The second-order valence-corrected chi connectivity index (χ2v) is 5.08. The number of amides is 1. The zero-order valence-electron chi connectivity index (χ0n) is 12.4. The molecule has 1 heterocycles. The number of carbonyl (C=O) groups excluding carboxylic acids is 1. The van der Waals surface area contributed by atoms with Crippen LogP contribution in [-0.4, -0.2) is 20.7 Å². The van der Waals surface area contributed by atoms with E-state index >= 15 is 0 Å². The van der Waals surface area contributed by atoms with Crippen molar-refractivity contribution in [2.45, 2.75) is 6.92 Å². The minimum Gasteiger partial charge on any atom is -0.321 e. The number of hydrogen-bond acceptors (Lipinski definition) is 3. The van der Waals surface area contributed by atoms with Crippen molar-refractivity contribution in [3.05, 3.63) is 66.0 Å². The third-order valence-electron chi connectivity index (χ3n) is 3.52. The van der Waals surface area contributed by atoms with Crippen molar-refractivity contribution in [1.82, 2.24) is 14.8 Å². The quantitative estimate of drug-likeness (QED) is 0.807. The van der Waals surface area contributed by atoms with Crippen LogP contribution in [0, 0.1) is 6.92 Å². The van der Waals surface area contributed by atoms with Crippen molar-refractivity contribution in [2.24, 2.45) is 7.05 Å². The van der Waals surface area contributed by atoms with Crippen LogP contribution < -0.4 is 5.32 Å². The Balaban J connectivity index is 1.96. The largest absolute Gasteiger partial charge is 0.321 e. The molecule has 0 aliphatic carbocycles. The Morgan fingerprint density at radius 1 is 1.09 bits per heavy atom. The van der Waals surface area contributed by atoms with Crippen LogP contribution >= 0.6 is 0 Å². The summed E-state index contributed by atoms with van der Waals surface area (Å²) in [4.78, 5) is 12.5. The molecule has 0 bridgehead atoms. The first-order valence-electron chi connectivity index (χ1n) is 6.97. The summed E-state index contributed by atoms with van der Waals surface area (Å²) < 4.78 is 1.82. The van der Waals surface area contributed by atoms with Gasteiger partial charge in [0, 0.05) is 18.2 Å². The van der Waals surface area contributed by atoms with Gasteiger partial charge in [0.1, 0.15) is 6.33 Å². The van der Waals surface area contributed by atoms with E-state index in [9.17, 15) is 4.79 Å². The first kappa shape index (κ1) is 14.0. The van der Waals surface area contributed by atoms with Crippen LogP contribution in [-0.2, 0) is 7.05 Å². The summed E-state index contributed by atoms with van der Waals surface area (Å²) in [5, 5.41) is 11.0. The van der Waals surface area contributed by atoms with Crippen LogP contribution in [0.25, 0.3) is 11.4 Å². The number of anilines is 1. The summed E-state index contributed by atoms with van der Waals surface area (Å²) in [6, 6.07) is 15.1. The van der Waals surface area contributed by atoms with Crippen molar-refractivity contribution in [3.8, 4) is 11.4 Å². The Labute approximate surface area is 128 Å². The van der Waals surface area contributed by atoms with E-state index in [0.29, 0.717) is 17.1 Å². The predicted molar refractivity (Wildman–Crippen MR) is 85.6 cm³/mol. The maximum absolute atomic E-state index is 12.5. The molecule has 1 amide bonds. The lowest BCUT2D eigenvalue weighted by molar-refractivity contribution is 0.102. The normalized spacial score (nSPS) is 10.5. The number of nitrogens with zero attached hydrogens (tertiary/aromatic N) is 3. The molecule has 0 spiro atoms. The second-order valence-electron chi connectivity index (χ2n) is 5.08. The summed E-state index contributed by atoms with van der Waals surface area (Å²) in [6.45, 7) is 1.92. The smallest absolute Gasteiger partial charge is 0.255 e. The van der Waals surface area contributed by atoms with Crippen molar-refractivity contribution in [3.63, 3.8) is 0 Å². The highest BCUT2D eigenvalue weighted by molar-refractivity contribution is 6.06. The zero-order chi connectivity index (χ0) is 15.5. The van der Waals surface area contributed by atoms with E-state index in [-0.39, 0.29) is 5.91 Å². The van der Waals surface area contributed by atoms with Gasteiger partial charge in [-0.25, -0.2) is 0 Å². The molecule has 1 N–H and O–H groups in total. The van der Waals surface area contributed by atoms with Crippen molar-refractivity contribution in [1.29, 1.82) is 0 Å². The molecule has 0 saturated carbocycles. The van der Waals surface area contributed by atoms with Gasteiger partial charge in [0.15, 0.2) is 5.82 Å². The molecule has 0 aliphatic rings. The van der Waals surface area contributed by atoms with E-state index in [1.54, 1.807) is 6.33 Å². The predicted octanol–water partition coefficient (Wildman–Crippen LogP) is 3.04. The fourth-order valence-corrected chi connectivity index (χ4v) is 2.33. The topological polar surface area (TPSA) is 59.8 Å². The Bertz CT molecular complexity index is 823. The third kappa shape index (κ3) is 2.61. The first-order valence-corrected chi connectivity index (χ1v) is 6.97. The van der Waals surface area contributed by atoms with Crippen molar-refractivity contribution >= 4 is 11.6 Å². The van der Waals surface area contributed by atoms with Crippen LogP contribution in [0.4, 0.5) is 5.69 Å². The lowest BCUT2D eigenvalue weighted by Crippen LogP contribution is -2.14. The Morgan fingerprint density at radius 2 is 1.82 bits per heavy atom. The van der Waals surface area contributed by atoms with Gasteiger partial charge in [-0.1, -0.05) is 30.3 Å². The maximum Gasteiger partial charge on any atom is 0.255 e. The molecule has 2 aromatic carbocycles. The van der Waals surface area contributed by atoms with Crippen molar-refractivity contribution < 1.29 is 4.79 Å². The Kier molecular flexibility index (Phi) is 3.70. The van der Waals surface area contributed by atoms with E-state index in [1.165, 1.54) is 0 Å². The van der Waals surface area contributed by atoms with Crippen LogP contribution in [0.2, 0.25) is 0 Å². The standard InChI is InChI=1S/C17H16N4O/c1-12-7-3-4-8-13(12)17(22)19-15-10-6-5-9-14(15)16-20-18-11-21(16)2/h3-11H,1-2H3,(H,19,22). The lowest BCUT2D eigenvalue weighted by Gasteiger charge is -2.11. The van der Waals surface area contributed by atoms with E-state index in [0.717, 1.165) is 11.1 Å². The van der Waals surface area contributed by atoms with E-state index in [4.69, 9.17) is 0 Å². The highest BCUT2D eigenvalue weighted by Gasteiger charge is 2.14. The number of hydrogen-bond donors (Lipinski definition) is 1. The number of aromatic nitrogens is 3. The molecule has 0 saturated heterocycles. The van der Waals surface area contributed by atoms with Gasteiger partial charge in [0.2, 0.25) is 0 Å². The average Bonchev–Trinajstić information content (AvgIpc) is 2.94. The molecule has 110 valence electrons. The average molecular weight is 292 g/mol. The second kappa shape index (κ2) is 5.81. The molecular weight excluding hydrogens is 276 g/mol. The number of carbonyl (C=O) groups is 1. The van der Waals surface area contributed by atoms with Crippen molar-refractivity contribution in [2.75, 3.05) is 5.32 Å². The van der Waals surface area contributed by atoms with Gasteiger partial charge in [-0.15, -0.1) is 10.2 Å². The van der Waals surface area contributed by atoms with Gasteiger partial charge in [-0.3, -0.25) is 4.79 Å². The fourth-order valence-electron chi connectivity index (χ4n) is 2.33. The summed E-state index contributed by atoms with van der Waals surface area (Å²) >= 11 is 0. The number of benzene rings is 2. The molecule has 3 rings (SSSR count). The molecule has 0 radical (unpaired) electrons. The van der Waals surface area contributed by atoms with Gasteiger partial charge < -0.3 is 9.88 Å². The summed E-state index contributed by atoms with van der Waals surface area (Å²) in [5.41, 5.74) is 3.16. The monoisotopic (exact) mass is 292 g/mol. The number of nitrogens with one attached hydrogen (secondary N) is 1. The van der Waals surface area contributed by atoms with Gasteiger partial charge >= 0.3 is 0 Å². The van der Waals surface area contributed by atoms with E-state index < -0.39 is 0 Å². The third-order valence-corrected chi connectivity index (χ3v) is 3.52. The summed E-state index contributed by atoms with van der Waals surface area (Å²) in [6.07, 6.45) is 1.63.